The van der Waals surface area contributed by atoms with Gasteiger partial charge in [0.15, 0.2) is 6.61 Å². The van der Waals surface area contributed by atoms with E-state index in [-0.39, 0.29) is 12.5 Å². The number of benzene rings is 2. The first kappa shape index (κ1) is 17.7. The van der Waals surface area contributed by atoms with Crippen LogP contribution in [0.25, 0.3) is 10.9 Å². The molecule has 0 aliphatic rings. The van der Waals surface area contributed by atoms with Gasteiger partial charge in [0, 0.05) is 22.8 Å². The first-order chi connectivity index (χ1) is 12.6. The van der Waals surface area contributed by atoms with E-state index in [2.05, 4.69) is 17.2 Å². The van der Waals surface area contributed by atoms with Crippen molar-refractivity contribution in [2.24, 2.45) is 0 Å². The predicted octanol–water partition coefficient (Wildman–Crippen LogP) is 4.13. The Morgan fingerprint density at radius 3 is 2.58 bits per heavy atom. The highest BCUT2D eigenvalue weighted by Crippen LogP contribution is 2.29. The molecule has 0 saturated carbocycles. The van der Waals surface area contributed by atoms with Crippen LogP contribution in [0.1, 0.15) is 18.2 Å². The van der Waals surface area contributed by atoms with Gasteiger partial charge in [0.2, 0.25) is 0 Å². The Bertz CT molecular complexity index is 920. The van der Waals surface area contributed by atoms with E-state index in [1.165, 1.54) is 5.56 Å². The summed E-state index contributed by atoms with van der Waals surface area (Å²) in [6, 6.07) is 15.2. The normalized spacial score (nSPS) is 10.6. The van der Waals surface area contributed by atoms with Gasteiger partial charge in [0.1, 0.15) is 11.5 Å². The third-order valence-electron chi connectivity index (χ3n) is 4.11. The Kier molecular flexibility index (Phi) is 5.37. The number of hydrogen-bond donors (Lipinski definition) is 1. The van der Waals surface area contributed by atoms with Gasteiger partial charge < -0.3 is 14.8 Å². The fourth-order valence-electron chi connectivity index (χ4n) is 2.71. The maximum absolute atomic E-state index is 12.2. The number of pyridine rings is 1. The average molecular weight is 350 g/mol. The first-order valence-electron chi connectivity index (χ1n) is 8.56. The third-order valence-corrected chi connectivity index (χ3v) is 4.11. The van der Waals surface area contributed by atoms with Crippen molar-refractivity contribution in [3.63, 3.8) is 0 Å². The molecule has 1 N–H and O–H groups in total. The van der Waals surface area contributed by atoms with Crippen LogP contribution in [0, 0.1) is 6.92 Å². The number of nitrogens with one attached hydrogen (secondary N) is 1. The minimum Gasteiger partial charge on any atom is -0.497 e. The van der Waals surface area contributed by atoms with Crippen molar-refractivity contribution in [1.82, 2.24) is 4.98 Å². The SMILES string of the molecule is CCc1ccc(NC(=O)COc2cc(C)nc3ccc(OC)cc23)cc1. The van der Waals surface area contributed by atoms with E-state index < -0.39 is 0 Å². The Labute approximate surface area is 153 Å². The van der Waals surface area contributed by atoms with Gasteiger partial charge in [-0.2, -0.15) is 0 Å². The van der Waals surface area contributed by atoms with Crippen LogP contribution < -0.4 is 14.8 Å². The van der Waals surface area contributed by atoms with E-state index in [0.29, 0.717) is 11.5 Å². The molecule has 0 aliphatic carbocycles. The van der Waals surface area contributed by atoms with Gasteiger partial charge in [-0.3, -0.25) is 9.78 Å². The van der Waals surface area contributed by atoms with Crippen LogP contribution >= 0.6 is 0 Å². The van der Waals surface area contributed by atoms with Crippen LogP contribution in [0.2, 0.25) is 0 Å². The lowest BCUT2D eigenvalue weighted by atomic mass is 10.1. The van der Waals surface area contributed by atoms with E-state index in [1.807, 2.05) is 55.5 Å². The van der Waals surface area contributed by atoms with Gasteiger partial charge in [-0.25, -0.2) is 0 Å². The van der Waals surface area contributed by atoms with Crippen LogP contribution in [-0.4, -0.2) is 24.6 Å². The predicted molar refractivity (Wildman–Crippen MR) is 103 cm³/mol. The molecule has 26 heavy (non-hydrogen) atoms. The lowest BCUT2D eigenvalue weighted by molar-refractivity contribution is -0.118. The molecule has 1 heterocycles. The van der Waals surface area contributed by atoms with Crippen LogP contribution in [0.4, 0.5) is 5.69 Å². The fraction of sp³-hybridized carbons (Fsp3) is 0.238. The van der Waals surface area contributed by atoms with E-state index in [1.54, 1.807) is 7.11 Å². The Hall–Kier alpha value is -3.08. The molecule has 0 radical (unpaired) electrons. The highest BCUT2D eigenvalue weighted by molar-refractivity contribution is 5.92. The minimum atomic E-state index is -0.209. The van der Waals surface area contributed by atoms with Crippen LogP contribution in [0.3, 0.4) is 0 Å². The summed E-state index contributed by atoms with van der Waals surface area (Å²) in [4.78, 5) is 16.7. The highest BCUT2D eigenvalue weighted by Gasteiger charge is 2.10. The largest absolute Gasteiger partial charge is 0.497 e. The Morgan fingerprint density at radius 1 is 1.12 bits per heavy atom. The smallest absolute Gasteiger partial charge is 0.262 e. The van der Waals surface area contributed by atoms with Gasteiger partial charge in [-0.15, -0.1) is 0 Å². The summed E-state index contributed by atoms with van der Waals surface area (Å²) in [5, 5.41) is 3.66. The maximum atomic E-state index is 12.2. The third kappa shape index (κ3) is 4.11. The second-order valence-electron chi connectivity index (χ2n) is 6.03. The molecule has 0 spiro atoms. The molecule has 5 heteroatoms. The van der Waals surface area contributed by atoms with Crippen molar-refractivity contribution in [2.75, 3.05) is 19.0 Å². The Balaban J connectivity index is 1.72. The molecule has 0 bridgehead atoms. The average Bonchev–Trinajstić information content (AvgIpc) is 2.66. The Morgan fingerprint density at radius 2 is 1.88 bits per heavy atom. The van der Waals surface area contributed by atoms with Crippen molar-refractivity contribution < 1.29 is 14.3 Å². The van der Waals surface area contributed by atoms with Gasteiger partial charge in [-0.05, 0) is 49.2 Å². The van der Waals surface area contributed by atoms with Gasteiger partial charge in [0.05, 0.1) is 12.6 Å². The zero-order valence-electron chi connectivity index (χ0n) is 15.2. The van der Waals surface area contributed by atoms with E-state index in [9.17, 15) is 4.79 Å². The van der Waals surface area contributed by atoms with E-state index in [4.69, 9.17) is 9.47 Å². The van der Waals surface area contributed by atoms with Crippen LogP contribution in [0.15, 0.2) is 48.5 Å². The standard InChI is InChI=1S/C21H22N2O3/c1-4-15-5-7-16(8-6-15)23-21(24)13-26-20-11-14(2)22-19-10-9-17(25-3)12-18(19)20/h5-12H,4,13H2,1-3H3,(H,23,24). The number of ether oxygens (including phenoxy) is 2. The van der Waals surface area contributed by atoms with Crippen LogP contribution in [0.5, 0.6) is 11.5 Å². The molecule has 3 aromatic rings. The van der Waals surface area contributed by atoms with Crippen molar-refractivity contribution in [3.8, 4) is 11.5 Å². The summed E-state index contributed by atoms with van der Waals surface area (Å²) in [6.07, 6.45) is 0.968. The first-order valence-corrected chi connectivity index (χ1v) is 8.56. The highest BCUT2D eigenvalue weighted by atomic mass is 16.5. The molecule has 3 rings (SSSR count). The number of rotatable bonds is 6. The molecular weight excluding hydrogens is 328 g/mol. The van der Waals surface area contributed by atoms with Gasteiger partial charge in [0.25, 0.3) is 5.91 Å². The maximum Gasteiger partial charge on any atom is 0.262 e. The zero-order chi connectivity index (χ0) is 18.5. The van der Waals surface area contributed by atoms with E-state index in [0.717, 1.165) is 28.7 Å². The second-order valence-corrected chi connectivity index (χ2v) is 6.03. The zero-order valence-corrected chi connectivity index (χ0v) is 15.2. The number of hydrogen-bond acceptors (Lipinski definition) is 4. The molecule has 0 saturated heterocycles. The molecule has 5 nitrogen and oxygen atoms in total. The lowest BCUT2D eigenvalue weighted by Gasteiger charge is -2.12. The molecule has 134 valence electrons. The summed E-state index contributed by atoms with van der Waals surface area (Å²) in [7, 11) is 1.61. The number of nitrogens with zero attached hydrogens (tertiary/aromatic N) is 1. The van der Waals surface area contributed by atoms with Gasteiger partial charge in [-0.1, -0.05) is 19.1 Å². The van der Waals surface area contributed by atoms with Crippen molar-refractivity contribution in [2.45, 2.75) is 20.3 Å². The van der Waals surface area contributed by atoms with Crippen molar-refractivity contribution >= 4 is 22.5 Å². The summed E-state index contributed by atoms with van der Waals surface area (Å²) >= 11 is 0. The van der Waals surface area contributed by atoms with Crippen molar-refractivity contribution in [3.05, 3.63) is 59.8 Å². The quantitative estimate of drug-likeness (QED) is 0.726. The molecule has 1 aromatic heterocycles. The number of amides is 1. The number of methoxy groups -OCH3 is 1. The molecule has 1 amide bonds. The topological polar surface area (TPSA) is 60.5 Å². The molecule has 0 aliphatic heterocycles. The molecule has 2 aromatic carbocycles. The summed E-state index contributed by atoms with van der Waals surface area (Å²) in [5.74, 6) is 1.12. The molecule has 0 atom stereocenters. The number of anilines is 1. The van der Waals surface area contributed by atoms with Crippen LogP contribution in [-0.2, 0) is 11.2 Å². The second kappa shape index (κ2) is 7.87. The summed E-state index contributed by atoms with van der Waals surface area (Å²) in [5.41, 5.74) is 3.62. The summed E-state index contributed by atoms with van der Waals surface area (Å²) < 4.78 is 11.0. The number of fused-ring (bicyclic) bond motifs is 1. The minimum absolute atomic E-state index is 0.0781. The fourth-order valence-corrected chi connectivity index (χ4v) is 2.71. The number of carbonyl (C=O) groups is 1. The number of carbonyl (C=O) groups excluding carboxylic acids is 1. The lowest BCUT2D eigenvalue weighted by Crippen LogP contribution is -2.20. The number of aromatic nitrogens is 1. The van der Waals surface area contributed by atoms with E-state index >= 15 is 0 Å². The molecular formula is C21H22N2O3. The van der Waals surface area contributed by atoms with Crippen molar-refractivity contribution in [1.29, 1.82) is 0 Å². The summed E-state index contributed by atoms with van der Waals surface area (Å²) in [6.45, 7) is 3.91. The molecule has 0 unspecified atom stereocenters. The monoisotopic (exact) mass is 350 g/mol. The van der Waals surface area contributed by atoms with Gasteiger partial charge >= 0.3 is 0 Å². The number of aryl methyl sites for hydroxylation is 2. The molecule has 0 fully saturated rings.